The molecule has 126 valence electrons. The van der Waals surface area contributed by atoms with Gasteiger partial charge in [-0.05, 0) is 36.1 Å². The highest BCUT2D eigenvalue weighted by Crippen LogP contribution is 2.26. The van der Waals surface area contributed by atoms with Crippen molar-refractivity contribution in [3.8, 4) is 11.1 Å². The zero-order chi connectivity index (χ0) is 16.8. The Labute approximate surface area is 142 Å². The predicted molar refractivity (Wildman–Crippen MR) is 92.9 cm³/mol. The number of amides is 1. The number of halogens is 1. The lowest BCUT2D eigenvalue weighted by Gasteiger charge is -2.10. The lowest BCUT2D eigenvalue weighted by Crippen LogP contribution is -2.27. The molecule has 0 bridgehead atoms. The molecule has 3 nitrogen and oxygen atoms in total. The van der Waals surface area contributed by atoms with Gasteiger partial charge in [-0.25, -0.2) is 4.39 Å². The van der Waals surface area contributed by atoms with Crippen molar-refractivity contribution in [2.24, 2.45) is 5.92 Å². The van der Waals surface area contributed by atoms with E-state index in [4.69, 9.17) is 0 Å². The van der Waals surface area contributed by atoms with E-state index in [1.54, 1.807) is 18.3 Å². The maximum Gasteiger partial charge on any atom is 0.226 e. The van der Waals surface area contributed by atoms with Crippen LogP contribution in [0.5, 0.6) is 0 Å². The molecular weight excluding hydrogens is 303 g/mol. The summed E-state index contributed by atoms with van der Waals surface area (Å²) in [6.07, 6.45) is 8.40. The fourth-order valence-electron chi connectivity index (χ4n) is 3.28. The van der Waals surface area contributed by atoms with Crippen LogP contribution in [0.1, 0.15) is 37.8 Å². The van der Waals surface area contributed by atoms with E-state index in [0.29, 0.717) is 6.42 Å². The summed E-state index contributed by atoms with van der Waals surface area (Å²) in [5, 5.41) is 2.99. The van der Waals surface area contributed by atoms with Gasteiger partial charge in [0, 0.05) is 24.0 Å². The normalized spacial score (nSPS) is 14.7. The molecule has 1 N–H and O–H groups in total. The molecule has 4 heteroatoms. The van der Waals surface area contributed by atoms with Crippen LogP contribution in [0.2, 0.25) is 0 Å². The van der Waals surface area contributed by atoms with Crippen LogP contribution >= 0.6 is 0 Å². The smallest absolute Gasteiger partial charge is 0.226 e. The van der Waals surface area contributed by atoms with Crippen molar-refractivity contribution in [2.75, 3.05) is 6.54 Å². The Morgan fingerprint density at radius 1 is 1.08 bits per heavy atom. The number of benzene rings is 1. The Morgan fingerprint density at radius 2 is 1.79 bits per heavy atom. The van der Waals surface area contributed by atoms with E-state index in [1.807, 2.05) is 12.1 Å². The first-order valence-corrected chi connectivity index (χ1v) is 8.68. The summed E-state index contributed by atoms with van der Waals surface area (Å²) >= 11 is 0. The first-order valence-electron chi connectivity index (χ1n) is 8.68. The van der Waals surface area contributed by atoms with Gasteiger partial charge in [-0.15, -0.1) is 0 Å². The number of pyridine rings is 1. The van der Waals surface area contributed by atoms with Crippen LogP contribution in [-0.4, -0.2) is 17.4 Å². The van der Waals surface area contributed by atoms with Crippen molar-refractivity contribution in [3.05, 3.63) is 54.1 Å². The largest absolute Gasteiger partial charge is 0.356 e. The number of hydrogen-bond donors (Lipinski definition) is 1. The summed E-state index contributed by atoms with van der Waals surface area (Å²) in [6.45, 7) is 0.761. The number of carbonyl (C=O) groups is 1. The van der Waals surface area contributed by atoms with Crippen LogP contribution in [0, 0.1) is 11.7 Å². The van der Waals surface area contributed by atoms with Crippen LogP contribution in [0.3, 0.4) is 0 Å². The van der Waals surface area contributed by atoms with E-state index in [-0.39, 0.29) is 11.7 Å². The third kappa shape index (κ3) is 4.63. The molecule has 0 spiro atoms. The van der Waals surface area contributed by atoms with Crippen LogP contribution in [0.4, 0.5) is 4.39 Å². The van der Waals surface area contributed by atoms with Crippen LogP contribution in [0.25, 0.3) is 11.1 Å². The first kappa shape index (κ1) is 16.6. The van der Waals surface area contributed by atoms with Gasteiger partial charge in [0.1, 0.15) is 5.82 Å². The van der Waals surface area contributed by atoms with E-state index >= 15 is 0 Å². The van der Waals surface area contributed by atoms with Crippen LogP contribution < -0.4 is 5.32 Å². The van der Waals surface area contributed by atoms with E-state index in [1.165, 1.54) is 37.8 Å². The zero-order valence-electron chi connectivity index (χ0n) is 13.8. The molecule has 0 aliphatic heterocycles. The molecule has 1 aliphatic rings. The highest BCUT2D eigenvalue weighted by atomic mass is 19.1. The Bertz CT molecular complexity index is 661. The summed E-state index contributed by atoms with van der Waals surface area (Å²) in [4.78, 5) is 16.3. The monoisotopic (exact) mass is 326 g/mol. The Morgan fingerprint density at radius 3 is 2.46 bits per heavy atom. The summed E-state index contributed by atoms with van der Waals surface area (Å²) in [6, 6.07) is 10.1. The molecule has 0 saturated heterocycles. The number of nitrogens with zero attached hydrogens (tertiary/aromatic N) is 1. The second-order valence-electron chi connectivity index (χ2n) is 6.51. The van der Waals surface area contributed by atoms with Gasteiger partial charge in [0.05, 0.1) is 6.42 Å². The lowest BCUT2D eigenvalue weighted by atomic mass is 10.0. The minimum absolute atomic E-state index is 0.0232. The van der Waals surface area contributed by atoms with Gasteiger partial charge in [-0.1, -0.05) is 43.9 Å². The number of carbonyl (C=O) groups excluding carboxylic acids is 1. The van der Waals surface area contributed by atoms with Crippen molar-refractivity contribution < 1.29 is 9.18 Å². The van der Waals surface area contributed by atoms with Crippen LogP contribution in [0.15, 0.2) is 42.6 Å². The van der Waals surface area contributed by atoms with Gasteiger partial charge in [-0.3, -0.25) is 9.78 Å². The molecular formula is C20H23FN2O. The van der Waals surface area contributed by atoms with E-state index < -0.39 is 0 Å². The molecule has 24 heavy (non-hydrogen) atoms. The molecule has 0 atom stereocenters. The Hall–Kier alpha value is -2.23. The zero-order valence-corrected chi connectivity index (χ0v) is 13.8. The first-order chi connectivity index (χ1) is 11.7. The van der Waals surface area contributed by atoms with Crippen molar-refractivity contribution >= 4 is 5.91 Å². The fraction of sp³-hybridized carbons (Fsp3) is 0.400. The summed E-state index contributed by atoms with van der Waals surface area (Å²) < 4.78 is 13.0. The predicted octanol–water partition coefficient (Wildman–Crippen LogP) is 4.13. The average Bonchev–Trinajstić information content (AvgIpc) is 3.10. The molecule has 1 aromatic heterocycles. The topological polar surface area (TPSA) is 42.0 Å². The lowest BCUT2D eigenvalue weighted by molar-refractivity contribution is -0.120. The summed E-state index contributed by atoms with van der Waals surface area (Å²) in [5.74, 6) is 0.561. The quantitative estimate of drug-likeness (QED) is 0.867. The number of hydrogen-bond acceptors (Lipinski definition) is 2. The van der Waals surface area contributed by atoms with E-state index in [2.05, 4.69) is 10.3 Å². The molecule has 0 unspecified atom stereocenters. The van der Waals surface area contributed by atoms with Crippen molar-refractivity contribution in [2.45, 2.75) is 38.5 Å². The highest BCUT2D eigenvalue weighted by molar-refractivity contribution is 5.78. The SMILES string of the molecule is O=C(Cc1ccc(-c2ccc(F)cc2)cn1)NCCC1CCCC1. The van der Waals surface area contributed by atoms with Gasteiger partial charge < -0.3 is 5.32 Å². The van der Waals surface area contributed by atoms with Crippen molar-refractivity contribution in [1.29, 1.82) is 0 Å². The standard InChI is InChI=1S/C20H23FN2O/c21-18-8-5-16(6-9-18)17-7-10-19(23-14-17)13-20(24)22-12-11-15-3-1-2-4-15/h5-10,14-15H,1-4,11-13H2,(H,22,24). The molecule has 2 aromatic rings. The minimum Gasteiger partial charge on any atom is -0.356 e. The number of rotatable bonds is 6. The third-order valence-corrected chi connectivity index (χ3v) is 4.69. The Balaban J connectivity index is 1.48. The second-order valence-corrected chi connectivity index (χ2v) is 6.51. The van der Waals surface area contributed by atoms with Gasteiger partial charge in [-0.2, -0.15) is 0 Å². The summed E-state index contributed by atoms with van der Waals surface area (Å²) in [5.41, 5.74) is 2.58. The van der Waals surface area contributed by atoms with Gasteiger partial charge in [0.25, 0.3) is 0 Å². The molecule has 1 saturated carbocycles. The van der Waals surface area contributed by atoms with Crippen molar-refractivity contribution in [3.63, 3.8) is 0 Å². The maximum atomic E-state index is 13.0. The third-order valence-electron chi connectivity index (χ3n) is 4.69. The van der Waals surface area contributed by atoms with Gasteiger partial charge in [0.2, 0.25) is 5.91 Å². The van der Waals surface area contributed by atoms with Crippen molar-refractivity contribution in [1.82, 2.24) is 10.3 Å². The molecule has 1 amide bonds. The van der Waals surface area contributed by atoms with Gasteiger partial charge in [0.15, 0.2) is 0 Å². The minimum atomic E-state index is -0.252. The molecule has 1 aliphatic carbocycles. The van der Waals surface area contributed by atoms with Gasteiger partial charge >= 0.3 is 0 Å². The van der Waals surface area contributed by atoms with Crippen LogP contribution in [-0.2, 0) is 11.2 Å². The van der Waals surface area contributed by atoms with E-state index in [0.717, 1.165) is 35.7 Å². The molecule has 3 rings (SSSR count). The number of aromatic nitrogens is 1. The molecule has 1 fully saturated rings. The second kappa shape index (κ2) is 8.04. The fourth-order valence-corrected chi connectivity index (χ4v) is 3.28. The Kier molecular flexibility index (Phi) is 5.57. The molecule has 1 aromatic carbocycles. The highest BCUT2D eigenvalue weighted by Gasteiger charge is 2.14. The average molecular weight is 326 g/mol. The number of nitrogens with one attached hydrogen (secondary N) is 1. The summed E-state index contributed by atoms with van der Waals surface area (Å²) in [7, 11) is 0. The molecule has 1 heterocycles. The maximum absolute atomic E-state index is 13.0. The molecule has 0 radical (unpaired) electrons. The van der Waals surface area contributed by atoms with E-state index in [9.17, 15) is 9.18 Å².